The van der Waals surface area contributed by atoms with Gasteiger partial charge in [0.15, 0.2) is 5.76 Å². The molecule has 2 atom stereocenters. The van der Waals surface area contributed by atoms with Gasteiger partial charge in [-0.25, -0.2) is 0 Å². The first kappa shape index (κ1) is 19.7. The Bertz CT molecular complexity index is 1230. The molecule has 1 aliphatic heterocycles. The van der Waals surface area contributed by atoms with Crippen LogP contribution in [0, 0.1) is 5.92 Å². The van der Waals surface area contributed by atoms with Gasteiger partial charge in [-0.1, -0.05) is 49.4 Å². The maximum Gasteiger partial charge on any atom is 0.287 e. The summed E-state index contributed by atoms with van der Waals surface area (Å²) >= 11 is 0. The lowest BCUT2D eigenvalue weighted by Gasteiger charge is -2.33. The van der Waals surface area contributed by atoms with Crippen molar-refractivity contribution in [1.29, 1.82) is 0 Å². The Morgan fingerprint density at radius 1 is 1.06 bits per heavy atom. The molecule has 1 aromatic heterocycles. The van der Waals surface area contributed by atoms with Gasteiger partial charge in [0.25, 0.3) is 5.91 Å². The average Bonchev–Trinajstić information content (AvgIpc) is 3.24. The van der Waals surface area contributed by atoms with Gasteiger partial charge in [0.1, 0.15) is 5.58 Å². The van der Waals surface area contributed by atoms with Crippen molar-refractivity contribution in [2.75, 3.05) is 18.0 Å². The summed E-state index contributed by atoms with van der Waals surface area (Å²) in [5, 5.41) is 6.28. The van der Waals surface area contributed by atoms with Crippen molar-refractivity contribution in [2.24, 2.45) is 5.92 Å². The van der Waals surface area contributed by atoms with Gasteiger partial charge in [-0.15, -0.1) is 0 Å². The highest BCUT2D eigenvalue weighted by molar-refractivity contribution is 6.08. The highest BCUT2D eigenvalue weighted by Gasteiger charge is 2.19. The maximum absolute atomic E-state index is 12.9. The van der Waals surface area contributed by atoms with Gasteiger partial charge in [0, 0.05) is 24.2 Å². The number of nitrogens with zero attached hydrogens (tertiary/aromatic N) is 1. The number of furan rings is 1. The number of hydrogen-bond donors (Lipinski definition) is 1. The molecular formula is C27H28N2O2. The van der Waals surface area contributed by atoms with Crippen molar-refractivity contribution in [1.82, 2.24) is 5.32 Å². The van der Waals surface area contributed by atoms with Crippen molar-refractivity contribution in [2.45, 2.75) is 32.7 Å². The van der Waals surface area contributed by atoms with E-state index in [0.29, 0.717) is 5.76 Å². The summed E-state index contributed by atoms with van der Waals surface area (Å²) < 4.78 is 5.86. The largest absolute Gasteiger partial charge is 0.451 e. The quantitative estimate of drug-likeness (QED) is 0.427. The molecule has 0 spiro atoms. The Balaban J connectivity index is 1.31. The van der Waals surface area contributed by atoms with Crippen LogP contribution in [0.25, 0.3) is 21.7 Å². The second-order valence-corrected chi connectivity index (χ2v) is 8.79. The molecule has 4 nitrogen and oxygen atoms in total. The zero-order valence-corrected chi connectivity index (χ0v) is 18.1. The molecule has 1 saturated heterocycles. The Labute approximate surface area is 182 Å². The van der Waals surface area contributed by atoms with Crippen LogP contribution in [0.4, 0.5) is 5.69 Å². The molecule has 3 aromatic carbocycles. The summed E-state index contributed by atoms with van der Waals surface area (Å²) in [6.45, 7) is 6.57. The Morgan fingerprint density at radius 2 is 1.87 bits per heavy atom. The molecule has 1 N–H and O–H groups in total. The molecule has 5 rings (SSSR count). The fourth-order valence-corrected chi connectivity index (χ4v) is 4.65. The SMILES string of the molecule is C[C@H]1CCCN(c2ccc([C@H](C)NC(=O)c3cc4c(ccc5ccccc54)o3)cc2)C1. The van der Waals surface area contributed by atoms with E-state index in [1.54, 1.807) is 0 Å². The van der Waals surface area contributed by atoms with Crippen LogP contribution < -0.4 is 10.2 Å². The summed E-state index contributed by atoms with van der Waals surface area (Å²) in [4.78, 5) is 15.3. The van der Waals surface area contributed by atoms with E-state index in [1.165, 1.54) is 18.5 Å². The molecule has 4 aromatic rings. The fourth-order valence-electron chi connectivity index (χ4n) is 4.65. The Kier molecular flexibility index (Phi) is 5.14. The average molecular weight is 413 g/mol. The molecule has 31 heavy (non-hydrogen) atoms. The molecular weight excluding hydrogens is 384 g/mol. The number of anilines is 1. The zero-order chi connectivity index (χ0) is 21.4. The van der Waals surface area contributed by atoms with Crippen LogP contribution in [0.2, 0.25) is 0 Å². The molecule has 2 heterocycles. The summed E-state index contributed by atoms with van der Waals surface area (Å²) in [5.41, 5.74) is 3.08. The van der Waals surface area contributed by atoms with Crippen molar-refractivity contribution < 1.29 is 9.21 Å². The zero-order valence-electron chi connectivity index (χ0n) is 18.1. The normalized spacial score (nSPS) is 17.7. The van der Waals surface area contributed by atoms with Gasteiger partial charge >= 0.3 is 0 Å². The molecule has 4 heteroatoms. The monoisotopic (exact) mass is 412 g/mol. The lowest BCUT2D eigenvalue weighted by Crippen LogP contribution is -2.34. The summed E-state index contributed by atoms with van der Waals surface area (Å²) in [7, 11) is 0. The Hall–Kier alpha value is -3.27. The van der Waals surface area contributed by atoms with E-state index >= 15 is 0 Å². The van der Waals surface area contributed by atoms with Crippen LogP contribution in [-0.2, 0) is 0 Å². The molecule has 0 saturated carbocycles. The smallest absolute Gasteiger partial charge is 0.287 e. The highest BCUT2D eigenvalue weighted by Crippen LogP contribution is 2.29. The number of carbonyl (C=O) groups excluding carboxylic acids is 1. The van der Waals surface area contributed by atoms with Gasteiger partial charge in [0.05, 0.1) is 6.04 Å². The third-order valence-corrected chi connectivity index (χ3v) is 6.41. The van der Waals surface area contributed by atoms with Crippen LogP contribution in [0.15, 0.2) is 71.1 Å². The van der Waals surface area contributed by atoms with Gasteiger partial charge in [-0.3, -0.25) is 4.79 Å². The van der Waals surface area contributed by atoms with Gasteiger partial charge in [-0.2, -0.15) is 0 Å². The van der Waals surface area contributed by atoms with Crippen molar-refractivity contribution in [3.63, 3.8) is 0 Å². The molecule has 1 fully saturated rings. The number of hydrogen-bond acceptors (Lipinski definition) is 3. The first-order chi connectivity index (χ1) is 15.1. The Morgan fingerprint density at radius 3 is 2.68 bits per heavy atom. The molecule has 0 unspecified atom stereocenters. The minimum atomic E-state index is -0.193. The third kappa shape index (κ3) is 3.90. The topological polar surface area (TPSA) is 45.5 Å². The summed E-state index contributed by atoms with van der Waals surface area (Å²) in [6, 6.07) is 22.4. The van der Waals surface area contributed by atoms with E-state index in [9.17, 15) is 4.79 Å². The van der Waals surface area contributed by atoms with E-state index in [-0.39, 0.29) is 11.9 Å². The second-order valence-electron chi connectivity index (χ2n) is 8.79. The van der Waals surface area contributed by atoms with Gasteiger partial charge in [0.2, 0.25) is 0 Å². The van der Waals surface area contributed by atoms with Crippen LogP contribution in [-0.4, -0.2) is 19.0 Å². The third-order valence-electron chi connectivity index (χ3n) is 6.41. The van der Waals surface area contributed by atoms with Crippen LogP contribution in [0.3, 0.4) is 0 Å². The first-order valence-corrected chi connectivity index (χ1v) is 11.2. The number of nitrogens with one attached hydrogen (secondary N) is 1. The number of fused-ring (bicyclic) bond motifs is 3. The lowest BCUT2D eigenvalue weighted by molar-refractivity contribution is 0.0914. The van der Waals surface area contributed by atoms with Crippen molar-refractivity contribution >= 4 is 33.3 Å². The van der Waals surface area contributed by atoms with Crippen molar-refractivity contribution in [3.8, 4) is 0 Å². The lowest BCUT2D eigenvalue weighted by atomic mass is 9.99. The minimum absolute atomic E-state index is 0.105. The van der Waals surface area contributed by atoms with Crippen LogP contribution in [0.1, 0.15) is 48.8 Å². The van der Waals surface area contributed by atoms with Crippen molar-refractivity contribution in [3.05, 3.63) is 78.1 Å². The predicted octanol–water partition coefficient (Wildman–Crippen LogP) is 6.31. The summed E-state index contributed by atoms with van der Waals surface area (Å²) in [5.74, 6) is 0.895. The van der Waals surface area contributed by atoms with Gasteiger partial charge in [-0.05, 0) is 66.3 Å². The summed E-state index contributed by atoms with van der Waals surface area (Å²) in [6.07, 6.45) is 2.57. The molecule has 0 radical (unpaired) electrons. The predicted molar refractivity (Wildman–Crippen MR) is 127 cm³/mol. The standard InChI is InChI=1S/C27H28N2O2/c1-18-6-5-15-29(17-18)22-12-9-20(10-13-22)19(2)28-27(30)26-16-24-23-8-4-3-7-21(23)11-14-25(24)31-26/h3-4,7-14,16,18-19H,5-6,15,17H2,1-2H3,(H,28,30)/t18-,19-/m0/s1. The van der Waals surface area contributed by atoms with Crippen LogP contribution in [0.5, 0.6) is 0 Å². The van der Waals surface area contributed by atoms with E-state index in [0.717, 1.165) is 46.3 Å². The van der Waals surface area contributed by atoms with E-state index in [1.807, 2.05) is 37.3 Å². The number of rotatable bonds is 4. The number of carbonyl (C=O) groups is 1. The van der Waals surface area contributed by atoms with Gasteiger partial charge < -0.3 is 14.6 Å². The van der Waals surface area contributed by atoms with E-state index < -0.39 is 0 Å². The fraction of sp³-hybridized carbons (Fsp3) is 0.296. The second kappa shape index (κ2) is 8.10. The van der Waals surface area contributed by atoms with E-state index in [4.69, 9.17) is 4.42 Å². The molecule has 158 valence electrons. The number of piperidine rings is 1. The minimum Gasteiger partial charge on any atom is -0.451 e. The first-order valence-electron chi connectivity index (χ1n) is 11.2. The van der Waals surface area contributed by atoms with Crippen LogP contribution >= 0.6 is 0 Å². The number of amides is 1. The molecule has 1 amide bonds. The molecule has 0 aliphatic carbocycles. The number of benzene rings is 3. The van der Waals surface area contributed by atoms with E-state index in [2.05, 4.69) is 53.5 Å². The maximum atomic E-state index is 12.9. The highest BCUT2D eigenvalue weighted by atomic mass is 16.3. The molecule has 0 bridgehead atoms. The molecule has 1 aliphatic rings.